The Morgan fingerprint density at radius 1 is 1.03 bits per heavy atom. The molecule has 32 heavy (non-hydrogen) atoms. The highest BCUT2D eigenvalue weighted by Gasteiger charge is 2.35. The molecule has 0 aliphatic carbocycles. The fraction of sp³-hybridized carbons (Fsp3) is 0.200. The predicted octanol–water partition coefficient (Wildman–Crippen LogP) is 3.80. The minimum absolute atomic E-state index is 0.0130. The first-order valence-corrected chi connectivity index (χ1v) is 11.2. The molecule has 1 aliphatic heterocycles. The number of halogens is 4. The summed E-state index contributed by atoms with van der Waals surface area (Å²) < 4.78 is 68.4. The molecule has 2 aromatic heterocycles. The number of nitrogens with one attached hydrogen (secondary N) is 1. The Kier molecular flexibility index (Phi) is 5.74. The molecule has 0 atom stereocenters. The number of aromatic nitrogens is 2. The Balaban J connectivity index is 1.70. The number of aliphatic hydroxyl groups excluding tert-OH is 1. The summed E-state index contributed by atoms with van der Waals surface area (Å²) in [6, 6.07) is 11.8. The van der Waals surface area contributed by atoms with Crippen molar-refractivity contribution in [1.82, 2.24) is 9.97 Å². The number of pyridine rings is 2. The first kappa shape index (κ1) is 22.3. The average molecular weight is 485 g/mol. The lowest BCUT2D eigenvalue weighted by Crippen LogP contribution is -2.51. The van der Waals surface area contributed by atoms with Crippen molar-refractivity contribution >= 4 is 33.3 Å². The SMILES string of the molecule is O=S(=O)(Nc1ccc(C(F)(F)F)c(-c2ccccc2Cl)n1)c1cccc(N2CC(O)C2)n1. The van der Waals surface area contributed by atoms with Crippen molar-refractivity contribution in [3.05, 3.63) is 65.2 Å². The fourth-order valence-electron chi connectivity index (χ4n) is 3.17. The van der Waals surface area contributed by atoms with E-state index in [2.05, 4.69) is 14.7 Å². The van der Waals surface area contributed by atoms with Crippen molar-refractivity contribution in [2.45, 2.75) is 17.3 Å². The first-order chi connectivity index (χ1) is 15.0. The molecule has 168 valence electrons. The molecular formula is C20H16ClF3N4O3S. The number of anilines is 2. The van der Waals surface area contributed by atoms with E-state index < -0.39 is 33.6 Å². The molecule has 7 nitrogen and oxygen atoms in total. The number of aliphatic hydroxyl groups is 1. The lowest BCUT2D eigenvalue weighted by molar-refractivity contribution is -0.137. The van der Waals surface area contributed by atoms with Gasteiger partial charge in [0.1, 0.15) is 11.6 Å². The Morgan fingerprint density at radius 3 is 2.41 bits per heavy atom. The van der Waals surface area contributed by atoms with E-state index in [9.17, 15) is 26.7 Å². The maximum atomic E-state index is 13.5. The van der Waals surface area contributed by atoms with E-state index in [-0.39, 0.29) is 21.4 Å². The Morgan fingerprint density at radius 2 is 1.75 bits per heavy atom. The van der Waals surface area contributed by atoms with Crippen LogP contribution in [0.2, 0.25) is 5.02 Å². The van der Waals surface area contributed by atoms with Gasteiger partial charge in [-0.25, -0.2) is 9.97 Å². The number of hydrogen-bond acceptors (Lipinski definition) is 6. The van der Waals surface area contributed by atoms with Gasteiger partial charge >= 0.3 is 6.18 Å². The van der Waals surface area contributed by atoms with Gasteiger partial charge in [-0.1, -0.05) is 35.9 Å². The normalized spacial score (nSPS) is 14.8. The largest absolute Gasteiger partial charge is 0.418 e. The summed E-state index contributed by atoms with van der Waals surface area (Å²) in [6.45, 7) is 0.650. The summed E-state index contributed by atoms with van der Waals surface area (Å²) in [5.74, 6) is 0.0369. The first-order valence-electron chi connectivity index (χ1n) is 9.30. The van der Waals surface area contributed by atoms with Crippen LogP contribution in [-0.2, 0) is 16.2 Å². The maximum absolute atomic E-state index is 13.5. The van der Waals surface area contributed by atoms with Gasteiger partial charge in [-0.05, 0) is 30.3 Å². The molecule has 12 heteroatoms. The lowest BCUT2D eigenvalue weighted by Gasteiger charge is -2.36. The van der Waals surface area contributed by atoms with Crippen molar-refractivity contribution in [2.24, 2.45) is 0 Å². The number of sulfonamides is 1. The molecule has 0 amide bonds. The Labute approximate surface area is 186 Å². The van der Waals surface area contributed by atoms with Gasteiger partial charge in [0, 0.05) is 23.7 Å². The van der Waals surface area contributed by atoms with Crippen LogP contribution in [0.15, 0.2) is 59.6 Å². The summed E-state index contributed by atoms with van der Waals surface area (Å²) in [5.41, 5.74) is -1.54. The topological polar surface area (TPSA) is 95.4 Å². The standard InChI is InChI=1S/C20H16ClF3N4O3S/c21-15-5-2-1-4-13(15)19-14(20(22,23)24)8-9-16(25-19)27-32(30,31)18-7-3-6-17(26-18)28-10-12(29)11-28/h1-9,12,29H,10-11H2,(H,25,27). The number of hydrogen-bond donors (Lipinski definition) is 2. The van der Waals surface area contributed by atoms with Crippen LogP contribution >= 0.6 is 11.6 Å². The quantitative estimate of drug-likeness (QED) is 0.572. The van der Waals surface area contributed by atoms with Crippen LogP contribution in [0.5, 0.6) is 0 Å². The molecule has 0 radical (unpaired) electrons. The van der Waals surface area contributed by atoms with Crippen molar-refractivity contribution in [2.75, 3.05) is 22.7 Å². The highest BCUT2D eigenvalue weighted by atomic mass is 35.5. The van der Waals surface area contributed by atoms with E-state index in [1.165, 1.54) is 30.3 Å². The van der Waals surface area contributed by atoms with Crippen molar-refractivity contribution in [1.29, 1.82) is 0 Å². The Hall–Kier alpha value is -2.89. The Bertz CT molecular complexity index is 1260. The molecule has 2 N–H and O–H groups in total. The lowest BCUT2D eigenvalue weighted by atomic mass is 10.1. The molecule has 0 saturated carbocycles. The van der Waals surface area contributed by atoms with Crippen molar-refractivity contribution in [3.8, 4) is 11.3 Å². The third-order valence-electron chi connectivity index (χ3n) is 4.74. The van der Waals surface area contributed by atoms with Gasteiger partial charge in [0.05, 0.1) is 17.4 Å². The minimum Gasteiger partial charge on any atom is -0.389 e. The molecule has 4 rings (SSSR count). The van der Waals surface area contributed by atoms with E-state index in [0.717, 1.165) is 12.1 Å². The number of rotatable bonds is 5. The number of alkyl halides is 3. The van der Waals surface area contributed by atoms with Crippen LogP contribution in [-0.4, -0.2) is 42.7 Å². The number of β-amino-alcohol motifs (C(OH)–C–C–N with tert-alkyl or cyclic N) is 1. The second kappa shape index (κ2) is 8.23. The molecule has 0 bridgehead atoms. The molecule has 1 fully saturated rings. The summed E-state index contributed by atoms with van der Waals surface area (Å²) >= 11 is 6.06. The third kappa shape index (κ3) is 4.50. The van der Waals surface area contributed by atoms with Gasteiger partial charge in [-0.3, -0.25) is 4.72 Å². The van der Waals surface area contributed by atoms with E-state index in [1.807, 2.05) is 0 Å². The minimum atomic E-state index is -4.73. The second-order valence-corrected chi connectivity index (χ2v) is 9.11. The van der Waals surface area contributed by atoms with Crippen LogP contribution in [0.1, 0.15) is 5.56 Å². The van der Waals surface area contributed by atoms with E-state index in [1.54, 1.807) is 17.0 Å². The second-order valence-electron chi connectivity index (χ2n) is 7.07. The van der Waals surface area contributed by atoms with Crippen LogP contribution in [0, 0.1) is 0 Å². The van der Waals surface area contributed by atoms with Gasteiger partial charge in [-0.2, -0.15) is 21.6 Å². The monoisotopic (exact) mass is 484 g/mol. The van der Waals surface area contributed by atoms with Crippen molar-refractivity contribution in [3.63, 3.8) is 0 Å². The van der Waals surface area contributed by atoms with Gasteiger partial charge in [0.15, 0.2) is 5.03 Å². The van der Waals surface area contributed by atoms with Gasteiger partial charge in [-0.15, -0.1) is 0 Å². The van der Waals surface area contributed by atoms with E-state index in [4.69, 9.17) is 11.6 Å². The van der Waals surface area contributed by atoms with E-state index >= 15 is 0 Å². The zero-order valence-electron chi connectivity index (χ0n) is 16.2. The summed E-state index contributed by atoms with van der Waals surface area (Å²) in [4.78, 5) is 9.68. The highest BCUT2D eigenvalue weighted by molar-refractivity contribution is 7.92. The molecular weight excluding hydrogens is 469 g/mol. The summed E-state index contributed by atoms with van der Waals surface area (Å²) in [6.07, 6.45) is -5.23. The molecule has 1 saturated heterocycles. The summed E-state index contributed by atoms with van der Waals surface area (Å²) in [5, 5.41) is 9.13. The van der Waals surface area contributed by atoms with Crippen molar-refractivity contribution < 1.29 is 26.7 Å². The van der Waals surface area contributed by atoms with E-state index in [0.29, 0.717) is 18.9 Å². The molecule has 1 aromatic carbocycles. The average Bonchev–Trinajstić information content (AvgIpc) is 2.71. The maximum Gasteiger partial charge on any atom is 0.418 e. The summed E-state index contributed by atoms with van der Waals surface area (Å²) in [7, 11) is -4.25. The fourth-order valence-corrected chi connectivity index (χ4v) is 4.36. The highest BCUT2D eigenvalue weighted by Crippen LogP contribution is 2.39. The zero-order chi connectivity index (χ0) is 23.1. The van der Waals surface area contributed by atoms with Gasteiger partial charge in [0.25, 0.3) is 10.0 Å². The molecule has 0 unspecified atom stereocenters. The number of nitrogens with zero attached hydrogens (tertiary/aromatic N) is 3. The number of benzene rings is 1. The van der Waals surface area contributed by atoms with Gasteiger partial charge in [0.2, 0.25) is 0 Å². The van der Waals surface area contributed by atoms with Crippen LogP contribution < -0.4 is 9.62 Å². The zero-order valence-corrected chi connectivity index (χ0v) is 17.8. The smallest absolute Gasteiger partial charge is 0.389 e. The van der Waals surface area contributed by atoms with Gasteiger partial charge < -0.3 is 10.0 Å². The molecule has 1 aliphatic rings. The molecule has 0 spiro atoms. The molecule has 3 aromatic rings. The van der Waals surface area contributed by atoms with Crippen LogP contribution in [0.3, 0.4) is 0 Å². The molecule has 3 heterocycles. The third-order valence-corrected chi connectivity index (χ3v) is 6.32. The predicted molar refractivity (Wildman–Crippen MR) is 113 cm³/mol. The van der Waals surface area contributed by atoms with Crippen LogP contribution in [0.4, 0.5) is 24.8 Å². The van der Waals surface area contributed by atoms with Crippen LogP contribution in [0.25, 0.3) is 11.3 Å².